The second-order valence-electron chi connectivity index (χ2n) is 4.09. The van der Waals surface area contributed by atoms with E-state index < -0.39 is 18.7 Å². The monoisotopic (exact) mass is 229 g/mol. The van der Waals surface area contributed by atoms with E-state index in [0.29, 0.717) is 0 Å². The van der Waals surface area contributed by atoms with E-state index in [1.54, 1.807) is 11.8 Å². The van der Waals surface area contributed by atoms with Gasteiger partial charge < -0.3 is 14.7 Å². The Labute approximate surface area is 95.4 Å². The van der Waals surface area contributed by atoms with Crippen molar-refractivity contribution in [3.63, 3.8) is 0 Å². The quantitative estimate of drug-likeness (QED) is 0.777. The number of carboxylic acids is 1. The molecule has 1 atom stereocenters. The third-order valence-electron chi connectivity index (χ3n) is 2.72. The number of carbonyl (C=O) groups excluding carboxylic acids is 1. The molecule has 0 radical (unpaired) electrons. The Kier molecular flexibility index (Phi) is 5.25. The van der Waals surface area contributed by atoms with Gasteiger partial charge in [-0.1, -0.05) is 12.8 Å². The molecule has 1 fully saturated rings. The van der Waals surface area contributed by atoms with Gasteiger partial charge in [-0.3, -0.25) is 4.79 Å². The topological polar surface area (TPSA) is 66.8 Å². The van der Waals surface area contributed by atoms with Gasteiger partial charge in [-0.05, 0) is 19.8 Å². The number of carbonyl (C=O) groups is 2. The second kappa shape index (κ2) is 6.48. The molecule has 1 aliphatic heterocycles. The molecule has 1 aliphatic rings. The van der Waals surface area contributed by atoms with Crippen LogP contribution < -0.4 is 0 Å². The summed E-state index contributed by atoms with van der Waals surface area (Å²) in [6.45, 7) is 2.72. The SMILES string of the molecule is CC(OCC(=O)O)C(=O)N1CCCCCC1. The standard InChI is InChI=1S/C11H19NO4/c1-9(16-8-10(13)14)11(15)12-6-4-2-3-5-7-12/h9H,2-8H2,1H3,(H,13,14). The molecule has 0 spiro atoms. The van der Waals surface area contributed by atoms with Crippen LogP contribution in [0.4, 0.5) is 0 Å². The minimum Gasteiger partial charge on any atom is -0.480 e. The third-order valence-corrected chi connectivity index (χ3v) is 2.72. The van der Waals surface area contributed by atoms with Crippen molar-refractivity contribution in [2.24, 2.45) is 0 Å². The van der Waals surface area contributed by atoms with Crippen LogP contribution >= 0.6 is 0 Å². The summed E-state index contributed by atoms with van der Waals surface area (Å²) in [5.74, 6) is -1.14. The molecule has 1 saturated heterocycles. The van der Waals surface area contributed by atoms with Crippen LogP contribution in [0.15, 0.2) is 0 Å². The van der Waals surface area contributed by atoms with E-state index in [9.17, 15) is 9.59 Å². The fourth-order valence-corrected chi connectivity index (χ4v) is 1.82. The van der Waals surface area contributed by atoms with Crippen LogP contribution in [0.25, 0.3) is 0 Å². The van der Waals surface area contributed by atoms with Gasteiger partial charge in [0.2, 0.25) is 0 Å². The van der Waals surface area contributed by atoms with E-state index in [4.69, 9.17) is 9.84 Å². The summed E-state index contributed by atoms with van der Waals surface area (Å²) in [6.07, 6.45) is 3.71. The number of hydrogen-bond acceptors (Lipinski definition) is 3. The Bertz CT molecular complexity index is 246. The first kappa shape index (κ1) is 13.0. The van der Waals surface area contributed by atoms with E-state index in [2.05, 4.69) is 0 Å². The molecule has 0 aromatic rings. The molecule has 1 rings (SSSR count). The fourth-order valence-electron chi connectivity index (χ4n) is 1.82. The number of aliphatic carboxylic acids is 1. The molecular weight excluding hydrogens is 210 g/mol. The lowest BCUT2D eigenvalue weighted by Gasteiger charge is -2.23. The average Bonchev–Trinajstić information content (AvgIpc) is 2.53. The van der Waals surface area contributed by atoms with Crippen molar-refractivity contribution >= 4 is 11.9 Å². The summed E-state index contributed by atoms with van der Waals surface area (Å²) in [5, 5.41) is 8.45. The van der Waals surface area contributed by atoms with Crippen LogP contribution in [-0.2, 0) is 14.3 Å². The highest BCUT2D eigenvalue weighted by Gasteiger charge is 2.22. The van der Waals surface area contributed by atoms with Crippen LogP contribution in [-0.4, -0.2) is 47.7 Å². The van der Waals surface area contributed by atoms with Gasteiger partial charge in [-0.25, -0.2) is 4.79 Å². The molecule has 1 amide bonds. The minimum absolute atomic E-state index is 0.0943. The Hall–Kier alpha value is -1.10. The average molecular weight is 229 g/mol. The highest BCUT2D eigenvalue weighted by atomic mass is 16.5. The van der Waals surface area contributed by atoms with Crippen LogP contribution in [0.2, 0.25) is 0 Å². The number of likely N-dealkylation sites (tertiary alicyclic amines) is 1. The van der Waals surface area contributed by atoms with Crippen molar-refractivity contribution < 1.29 is 19.4 Å². The fraction of sp³-hybridized carbons (Fsp3) is 0.818. The number of amides is 1. The Morgan fingerprint density at radius 2 is 1.81 bits per heavy atom. The number of carboxylic acid groups (broad SMARTS) is 1. The van der Waals surface area contributed by atoms with Gasteiger partial charge in [0.25, 0.3) is 5.91 Å². The first-order valence-electron chi connectivity index (χ1n) is 5.73. The number of hydrogen-bond donors (Lipinski definition) is 1. The van der Waals surface area contributed by atoms with E-state index in [1.165, 1.54) is 0 Å². The predicted molar refractivity (Wildman–Crippen MR) is 58.1 cm³/mol. The molecule has 0 bridgehead atoms. The molecule has 5 heteroatoms. The predicted octanol–water partition coefficient (Wildman–Crippen LogP) is 0.879. The van der Waals surface area contributed by atoms with Gasteiger partial charge in [0.1, 0.15) is 12.7 Å². The zero-order chi connectivity index (χ0) is 12.0. The van der Waals surface area contributed by atoms with Crippen molar-refractivity contribution in [1.82, 2.24) is 4.90 Å². The van der Waals surface area contributed by atoms with Gasteiger partial charge in [0.15, 0.2) is 0 Å². The van der Waals surface area contributed by atoms with Gasteiger partial charge >= 0.3 is 5.97 Å². The minimum atomic E-state index is -1.05. The second-order valence-corrected chi connectivity index (χ2v) is 4.09. The van der Waals surface area contributed by atoms with Gasteiger partial charge in [-0.15, -0.1) is 0 Å². The van der Waals surface area contributed by atoms with Crippen molar-refractivity contribution in [2.45, 2.75) is 38.7 Å². The first-order chi connectivity index (χ1) is 7.61. The normalized spacial score (nSPS) is 18.9. The maximum absolute atomic E-state index is 11.9. The summed E-state index contributed by atoms with van der Waals surface area (Å²) in [4.78, 5) is 24.0. The van der Waals surface area contributed by atoms with Crippen molar-refractivity contribution in [3.05, 3.63) is 0 Å². The summed E-state index contributed by atoms with van der Waals surface area (Å²) >= 11 is 0. The summed E-state index contributed by atoms with van der Waals surface area (Å²) in [7, 11) is 0. The van der Waals surface area contributed by atoms with E-state index >= 15 is 0 Å². The molecule has 5 nitrogen and oxygen atoms in total. The molecular formula is C11H19NO4. The molecule has 16 heavy (non-hydrogen) atoms. The number of nitrogens with zero attached hydrogens (tertiary/aromatic N) is 1. The first-order valence-corrected chi connectivity index (χ1v) is 5.73. The van der Waals surface area contributed by atoms with Crippen LogP contribution in [0.3, 0.4) is 0 Å². The molecule has 1 unspecified atom stereocenters. The Morgan fingerprint density at radius 3 is 2.31 bits per heavy atom. The van der Waals surface area contributed by atoms with Crippen LogP contribution in [0.1, 0.15) is 32.6 Å². The van der Waals surface area contributed by atoms with Crippen LogP contribution in [0.5, 0.6) is 0 Å². The smallest absolute Gasteiger partial charge is 0.329 e. The van der Waals surface area contributed by atoms with E-state index in [0.717, 1.165) is 38.8 Å². The van der Waals surface area contributed by atoms with Gasteiger partial charge in [0, 0.05) is 13.1 Å². The van der Waals surface area contributed by atoms with E-state index in [-0.39, 0.29) is 5.91 Å². The molecule has 1 N–H and O–H groups in total. The van der Waals surface area contributed by atoms with Crippen molar-refractivity contribution in [1.29, 1.82) is 0 Å². The maximum atomic E-state index is 11.9. The zero-order valence-electron chi connectivity index (χ0n) is 9.65. The molecule has 0 aromatic carbocycles. The van der Waals surface area contributed by atoms with Crippen LogP contribution in [0, 0.1) is 0 Å². The highest BCUT2D eigenvalue weighted by molar-refractivity contribution is 5.81. The summed E-state index contributed by atoms with van der Waals surface area (Å²) < 4.78 is 4.97. The lowest BCUT2D eigenvalue weighted by atomic mass is 10.2. The molecule has 0 aliphatic carbocycles. The Morgan fingerprint density at radius 1 is 1.25 bits per heavy atom. The molecule has 0 saturated carbocycles. The van der Waals surface area contributed by atoms with Gasteiger partial charge in [-0.2, -0.15) is 0 Å². The Balaban J connectivity index is 2.38. The van der Waals surface area contributed by atoms with Crippen molar-refractivity contribution in [3.8, 4) is 0 Å². The molecule has 0 aromatic heterocycles. The zero-order valence-corrected chi connectivity index (χ0v) is 9.65. The van der Waals surface area contributed by atoms with Gasteiger partial charge in [0.05, 0.1) is 0 Å². The molecule has 92 valence electrons. The largest absolute Gasteiger partial charge is 0.480 e. The summed E-state index contributed by atoms with van der Waals surface area (Å²) in [5.41, 5.74) is 0. The number of ether oxygens (including phenoxy) is 1. The maximum Gasteiger partial charge on any atom is 0.329 e. The lowest BCUT2D eigenvalue weighted by molar-refractivity contribution is -0.151. The third kappa shape index (κ3) is 4.18. The summed E-state index contributed by atoms with van der Waals surface area (Å²) in [6, 6.07) is 0. The highest BCUT2D eigenvalue weighted by Crippen LogP contribution is 2.11. The van der Waals surface area contributed by atoms with Crippen molar-refractivity contribution in [2.75, 3.05) is 19.7 Å². The molecule has 1 heterocycles. The lowest BCUT2D eigenvalue weighted by Crippen LogP contribution is -2.40. The number of rotatable bonds is 4. The van der Waals surface area contributed by atoms with E-state index in [1.807, 2.05) is 0 Å².